The van der Waals surface area contributed by atoms with E-state index in [1.165, 1.54) is 0 Å². The molecule has 0 bridgehead atoms. The molecule has 34 heavy (non-hydrogen) atoms. The van der Waals surface area contributed by atoms with Crippen molar-refractivity contribution in [3.63, 3.8) is 0 Å². The summed E-state index contributed by atoms with van der Waals surface area (Å²) < 4.78 is 0. The largest absolute Gasteiger partial charge is 0.357 e. The topological polar surface area (TPSA) is 108 Å². The highest BCUT2D eigenvalue weighted by molar-refractivity contribution is 5.88. The maximum Gasteiger partial charge on any atom is 0.245 e. The molecule has 0 radical (unpaired) electrons. The number of carbonyl (C=O) groups is 4. The third-order valence-corrected chi connectivity index (χ3v) is 5.42. The quantitative estimate of drug-likeness (QED) is 0.206. The van der Waals surface area contributed by atoms with E-state index in [1.54, 1.807) is 4.90 Å². The van der Waals surface area contributed by atoms with Crippen molar-refractivity contribution in [3.05, 3.63) is 0 Å². The molecule has 0 fully saturated rings. The van der Waals surface area contributed by atoms with Crippen molar-refractivity contribution in [1.82, 2.24) is 20.9 Å². The van der Waals surface area contributed by atoms with Crippen LogP contribution in [0.4, 0.5) is 0 Å². The van der Waals surface area contributed by atoms with Gasteiger partial charge in [0.25, 0.3) is 0 Å². The Morgan fingerprint density at radius 3 is 2.03 bits per heavy atom. The maximum atomic E-state index is 13.4. The molecular formula is C26H50N4O4. The number of carbonyl (C=O) groups excluding carboxylic acids is 4. The van der Waals surface area contributed by atoms with Gasteiger partial charge in [-0.05, 0) is 36.5 Å². The lowest BCUT2D eigenvalue weighted by atomic mass is 9.91. The molecule has 0 aliphatic rings. The summed E-state index contributed by atoms with van der Waals surface area (Å²) in [6, 6.07) is -0.625. The maximum absolute atomic E-state index is 13.4. The van der Waals surface area contributed by atoms with Crippen LogP contribution in [-0.2, 0) is 19.2 Å². The summed E-state index contributed by atoms with van der Waals surface area (Å²) in [7, 11) is 0. The van der Waals surface area contributed by atoms with Crippen molar-refractivity contribution in [2.75, 3.05) is 26.2 Å². The lowest BCUT2D eigenvalue weighted by Crippen LogP contribution is -2.52. The van der Waals surface area contributed by atoms with E-state index in [1.807, 2.05) is 20.8 Å². The lowest BCUT2D eigenvalue weighted by Gasteiger charge is -2.29. The van der Waals surface area contributed by atoms with E-state index in [0.29, 0.717) is 63.7 Å². The molecule has 0 saturated carbocycles. The van der Waals surface area contributed by atoms with Gasteiger partial charge in [-0.15, -0.1) is 0 Å². The lowest BCUT2D eigenvalue weighted by molar-refractivity contribution is -0.137. The van der Waals surface area contributed by atoms with Crippen LogP contribution in [0.25, 0.3) is 0 Å². The molecule has 8 nitrogen and oxygen atoms in total. The Balaban J connectivity index is 5.05. The van der Waals surface area contributed by atoms with Crippen LogP contribution in [0.15, 0.2) is 0 Å². The van der Waals surface area contributed by atoms with Gasteiger partial charge in [-0.2, -0.15) is 0 Å². The van der Waals surface area contributed by atoms with Gasteiger partial charge in [0.1, 0.15) is 6.04 Å². The molecule has 1 unspecified atom stereocenters. The normalized spacial score (nSPS) is 12.4. The van der Waals surface area contributed by atoms with E-state index in [9.17, 15) is 19.2 Å². The van der Waals surface area contributed by atoms with Gasteiger partial charge in [0.05, 0.1) is 0 Å². The Labute approximate surface area is 207 Å². The highest BCUT2D eigenvalue weighted by Gasteiger charge is 2.27. The predicted molar refractivity (Wildman–Crippen MR) is 137 cm³/mol. The summed E-state index contributed by atoms with van der Waals surface area (Å²) >= 11 is 0. The molecule has 0 spiro atoms. The number of hydrogen-bond acceptors (Lipinski definition) is 4. The first-order valence-electron chi connectivity index (χ1n) is 12.9. The summed E-state index contributed by atoms with van der Waals surface area (Å²) in [6.45, 7) is 15.8. The van der Waals surface area contributed by atoms with Crippen LogP contribution in [0.3, 0.4) is 0 Å². The van der Waals surface area contributed by atoms with Gasteiger partial charge in [0, 0.05) is 39.0 Å². The Hall–Kier alpha value is -2.12. The second-order valence-electron chi connectivity index (χ2n) is 11.2. The van der Waals surface area contributed by atoms with E-state index < -0.39 is 6.04 Å². The molecule has 0 aliphatic carbocycles. The van der Waals surface area contributed by atoms with E-state index in [4.69, 9.17) is 0 Å². The summed E-state index contributed by atoms with van der Waals surface area (Å²) in [6.07, 6.45) is 5.75. The Morgan fingerprint density at radius 2 is 1.47 bits per heavy atom. The third-order valence-electron chi connectivity index (χ3n) is 5.42. The molecule has 4 amide bonds. The van der Waals surface area contributed by atoms with Crippen LogP contribution in [0.2, 0.25) is 0 Å². The van der Waals surface area contributed by atoms with Crippen molar-refractivity contribution in [3.8, 4) is 0 Å². The van der Waals surface area contributed by atoms with Crippen molar-refractivity contribution in [1.29, 1.82) is 0 Å². The Kier molecular flexibility index (Phi) is 16.3. The van der Waals surface area contributed by atoms with Crippen LogP contribution < -0.4 is 16.0 Å². The first-order chi connectivity index (χ1) is 15.9. The second-order valence-corrected chi connectivity index (χ2v) is 11.2. The fourth-order valence-corrected chi connectivity index (χ4v) is 3.55. The van der Waals surface area contributed by atoms with Crippen LogP contribution in [0.1, 0.15) is 93.4 Å². The molecule has 0 aromatic heterocycles. The Morgan fingerprint density at radius 1 is 0.853 bits per heavy atom. The predicted octanol–water partition coefficient (Wildman–Crippen LogP) is 3.25. The molecule has 1 atom stereocenters. The molecule has 3 N–H and O–H groups in total. The number of amides is 4. The minimum absolute atomic E-state index is 0.0167. The van der Waals surface area contributed by atoms with Crippen LogP contribution >= 0.6 is 0 Å². The smallest absolute Gasteiger partial charge is 0.245 e. The monoisotopic (exact) mass is 482 g/mol. The van der Waals surface area contributed by atoms with Gasteiger partial charge >= 0.3 is 0 Å². The van der Waals surface area contributed by atoms with Gasteiger partial charge in [0.15, 0.2) is 0 Å². The van der Waals surface area contributed by atoms with Gasteiger partial charge in [-0.3, -0.25) is 19.2 Å². The van der Waals surface area contributed by atoms with Crippen LogP contribution in [0.5, 0.6) is 0 Å². The molecule has 0 aliphatic heterocycles. The number of rotatable bonds is 18. The molecule has 0 saturated heterocycles. The van der Waals surface area contributed by atoms with Gasteiger partial charge in [-0.1, -0.05) is 61.3 Å². The second kappa shape index (κ2) is 17.3. The zero-order valence-corrected chi connectivity index (χ0v) is 22.7. The van der Waals surface area contributed by atoms with Crippen molar-refractivity contribution in [2.45, 2.75) is 99.5 Å². The van der Waals surface area contributed by atoms with Crippen LogP contribution in [-0.4, -0.2) is 61.3 Å². The molecule has 198 valence electrons. The molecular weight excluding hydrogens is 432 g/mol. The highest BCUT2D eigenvalue weighted by Crippen LogP contribution is 2.19. The summed E-state index contributed by atoms with van der Waals surface area (Å²) in [5.41, 5.74) is -0.178. The van der Waals surface area contributed by atoms with E-state index in [-0.39, 0.29) is 23.1 Å². The van der Waals surface area contributed by atoms with Crippen LogP contribution in [0, 0.1) is 17.3 Å². The van der Waals surface area contributed by atoms with E-state index in [0.717, 1.165) is 25.7 Å². The minimum atomic E-state index is -0.625. The summed E-state index contributed by atoms with van der Waals surface area (Å²) in [5, 5.41) is 8.42. The molecule has 0 aromatic carbocycles. The molecule has 8 heteroatoms. The fourth-order valence-electron chi connectivity index (χ4n) is 3.55. The molecule has 0 heterocycles. The standard InChI is InChI=1S/C26H50N4O4/c1-20(2)10-8-9-11-23(32)28-15-17-30(16-14-27-19-31)25(34)22(13-12-21(3)4)29-24(33)18-26(5,6)7/h19-22H,8-18H2,1-7H3,(H,27,31)(H,28,32)(H,29,33). The average molecular weight is 483 g/mol. The average Bonchev–Trinajstić information content (AvgIpc) is 2.71. The first kappa shape index (κ1) is 31.9. The summed E-state index contributed by atoms with van der Waals surface area (Å²) in [5.74, 6) is 0.694. The van der Waals surface area contributed by atoms with Gasteiger partial charge < -0.3 is 20.9 Å². The number of nitrogens with one attached hydrogen (secondary N) is 3. The van der Waals surface area contributed by atoms with E-state index >= 15 is 0 Å². The third kappa shape index (κ3) is 17.4. The van der Waals surface area contributed by atoms with Crippen molar-refractivity contribution < 1.29 is 19.2 Å². The highest BCUT2D eigenvalue weighted by atomic mass is 16.2. The number of hydrogen-bond donors (Lipinski definition) is 3. The number of unbranched alkanes of at least 4 members (excludes halogenated alkanes) is 1. The Bertz CT molecular complexity index is 614. The number of nitrogens with zero attached hydrogens (tertiary/aromatic N) is 1. The zero-order chi connectivity index (χ0) is 26.1. The molecule has 0 rings (SSSR count). The van der Waals surface area contributed by atoms with E-state index in [2.05, 4.69) is 43.6 Å². The molecule has 0 aromatic rings. The zero-order valence-electron chi connectivity index (χ0n) is 22.7. The summed E-state index contributed by atoms with van der Waals surface area (Å²) in [4.78, 5) is 50.4. The SMILES string of the molecule is CC(C)CCCCC(=O)NCCN(CCNC=O)C(=O)C(CCC(C)C)NC(=O)CC(C)(C)C. The fraction of sp³-hybridized carbons (Fsp3) is 0.846. The van der Waals surface area contributed by atoms with Gasteiger partial charge in [-0.25, -0.2) is 0 Å². The van der Waals surface area contributed by atoms with Gasteiger partial charge in [0.2, 0.25) is 24.1 Å². The minimum Gasteiger partial charge on any atom is -0.357 e. The van der Waals surface area contributed by atoms with Crippen molar-refractivity contribution >= 4 is 24.1 Å². The van der Waals surface area contributed by atoms with Crippen molar-refractivity contribution in [2.24, 2.45) is 17.3 Å². The first-order valence-corrected chi connectivity index (χ1v) is 12.9.